The number of hydrogen-bond acceptors (Lipinski definition) is 2. The van der Waals surface area contributed by atoms with Gasteiger partial charge in [0.15, 0.2) is 0 Å². The van der Waals surface area contributed by atoms with Gasteiger partial charge in [0.25, 0.3) is 0 Å². The van der Waals surface area contributed by atoms with Crippen LogP contribution in [0.5, 0.6) is 0 Å². The second-order valence-corrected chi connectivity index (χ2v) is 7.97. The van der Waals surface area contributed by atoms with Crippen molar-refractivity contribution in [3.8, 4) is 0 Å². The first-order chi connectivity index (χ1) is 10.3. The minimum absolute atomic E-state index is 0.311. The van der Waals surface area contributed by atoms with Crippen LogP contribution < -0.4 is 4.72 Å². The summed E-state index contributed by atoms with van der Waals surface area (Å²) in [6, 6.07) is 17.0. The van der Waals surface area contributed by atoms with E-state index >= 15 is 0 Å². The first-order valence-corrected chi connectivity index (χ1v) is 8.91. The Labute approximate surface area is 133 Å². The molecule has 0 amide bonds. The summed E-state index contributed by atoms with van der Waals surface area (Å²) in [5.74, 6) is 0. The van der Waals surface area contributed by atoms with E-state index in [0.29, 0.717) is 4.90 Å². The van der Waals surface area contributed by atoms with Gasteiger partial charge in [0, 0.05) is 5.54 Å². The number of sulfonamides is 1. The van der Waals surface area contributed by atoms with Gasteiger partial charge in [0.05, 0.1) is 4.90 Å². The standard InChI is InChI=1S/C18H23NO2S/c1-15-9-11-17(12-10-15)22(20,21)19-18(2,3)14-13-16-7-5-4-6-8-16/h4-12,19H,13-14H2,1-3H3. The third-order valence-electron chi connectivity index (χ3n) is 3.62. The van der Waals surface area contributed by atoms with E-state index in [1.54, 1.807) is 12.1 Å². The van der Waals surface area contributed by atoms with Crippen molar-refractivity contribution < 1.29 is 8.42 Å². The van der Waals surface area contributed by atoms with Gasteiger partial charge in [-0.1, -0.05) is 48.0 Å². The Balaban J connectivity index is 2.05. The Morgan fingerprint density at radius 1 is 0.955 bits per heavy atom. The summed E-state index contributed by atoms with van der Waals surface area (Å²) in [6.45, 7) is 5.77. The molecule has 0 saturated heterocycles. The molecule has 2 aromatic carbocycles. The molecule has 118 valence electrons. The van der Waals surface area contributed by atoms with Crippen LogP contribution >= 0.6 is 0 Å². The minimum atomic E-state index is -3.49. The zero-order valence-corrected chi connectivity index (χ0v) is 14.2. The molecule has 0 unspecified atom stereocenters. The largest absolute Gasteiger partial charge is 0.241 e. The summed E-state index contributed by atoms with van der Waals surface area (Å²) in [5.41, 5.74) is 1.76. The van der Waals surface area contributed by atoms with Gasteiger partial charge in [-0.15, -0.1) is 0 Å². The third kappa shape index (κ3) is 4.68. The van der Waals surface area contributed by atoms with E-state index < -0.39 is 15.6 Å². The van der Waals surface area contributed by atoms with Crippen molar-refractivity contribution in [2.75, 3.05) is 0 Å². The molecule has 3 nitrogen and oxygen atoms in total. The molecule has 2 rings (SSSR count). The molecule has 0 aromatic heterocycles. The van der Waals surface area contributed by atoms with Crippen LogP contribution in [0.2, 0.25) is 0 Å². The number of benzene rings is 2. The second-order valence-electron chi connectivity index (χ2n) is 6.29. The van der Waals surface area contributed by atoms with Crippen molar-refractivity contribution in [3.63, 3.8) is 0 Å². The van der Waals surface area contributed by atoms with E-state index in [9.17, 15) is 8.42 Å². The van der Waals surface area contributed by atoms with Gasteiger partial charge >= 0.3 is 0 Å². The number of aryl methyl sites for hydroxylation is 2. The van der Waals surface area contributed by atoms with Gasteiger partial charge in [-0.05, 0) is 51.3 Å². The minimum Gasteiger partial charge on any atom is -0.207 e. The molecule has 22 heavy (non-hydrogen) atoms. The Bertz CT molecular complexity index is 705. The van der Waals surface area contributed by atoms with Gasteiger partial charge in [-0.2, -0.15) is 0 Å². The molecule has 0 aliphatic heterocycles. The van der Waals surface area contributed by atoms with E-state index in [-0.39, 0.29) is 0 Å². The Kier molecular flexibility index (Phi) is 5.04. The Morgan fingerprint density at radius 2 is 1.55 bits per heavy atom. The highest BCUT2D eigenvalue weighted by Gasteiger charge is 2.25. The smallest absolute Gasteiger partial charge is 0.207 e. The van der Waals surface area contributed by atoms with Crippen LogP contribution in [-0.2, 0) is 16.4 Å². The molecule has 0 fully saturated rings. The van der Waals surface area contributed by atoms with Crippen molar-refractivity contribution in [3.05, 3.63) is 65.7 Å². The molecule has 1 N–H and O–H groups in total. The molecule has 0 saturated carbocycles. The third-order valence-corrected chi connectivity index (χ3v) is 5.34. The first kappa shape index (κ1) is 16.7. The highest BCUT2D eigenvalue weighted by molar-refractivity contribution is 7.89. The van der Waals surface area contributed by atoms with E-state index in [0.717, 1.165) is 18.4 Å². The van der Waals surface area contributed by atoms with E-state index in [2.05, 4.69) is 16.9 Å². The van der Waals surface area contributed by atoms with E-state index in [1.807, 2.05) is 51.1 Å². The van der Waals surface area contributed by atoms with Crippen molar-refractivity contribution in [2.24, 2.45) is 0 Å². The van der Waals surface area contributed by atoms with E-state index in [1.165, 1.54) is 5.56 Å². The molecule has 2 aromatic rings. The fourth-order valence-corrected chi connectivity index (χ4v) is 3.73. The molecule has 0 heterocycles. The Morgan fingerprint density at radius 3 is 2.14 bits per heavy atom. The molecular weight excluding hydrogens is 294 g/mol. The van der Waals surface area contributed by atoms with E-state index in [4.69, 9.17) is 0 Å². The zero-order valence-electron chi connectivity index (χ0n) is 13.3. The van der Waals surface area contributed by atoms with Crippen LogP contribution in [0, 0.1) is 6.92 Å². The normalized spacial score (nSPS) is 12.3. The first-order valence-electron chi connectivity index (χ1n) is 7.43. The molecule has 0 aliphatic rings. The fourth-order valence-electron chi connectivity index (χ4n) is 2.29. The topological polar surface area (TPSA) is 46.2 Å². The lowest BCUT2D eigenvalue weighted by atomic mass is 9.97. The maximum Gasteiger partial charge on any atom is 0.241 e. The predicted octanol–water partition coefficient (Wildman–Crippen LogP) is 3.68. The SMILES string of the molecule is Cc1ccc(S(=O)(=O)NC(C)(C)CCc2ccccc2)cc1. The van der Waals surface area contributed by atoms with Crippen molar-refractivity contribution in [1.82, 2.24) is 4.72 Å². The van der Waals surface area contributed by atoms with Crippen molar-refractivity contribution in [2.45, 2.75) is 44.0 Å². The van der Waals surface area contributed by atoms with Crippen LogP contribution in [-0.4, -0.2) is 14.0 Å². The highest BCUT2D eigenvalue weighted by Crippen LogP contribution is 2.18. The fraction of sp³-hybridized carbons (Fsp3) is 0.333. The van der Waals surface area contributed by atoms with Gasteiger partial charge < -0.3 is 0 Å². The maximum atomic E-state index is 12.5. The molecule has 0 radical (unpaired) electrons. The molecule has 4 heteroatoms. The van der Waals surface area contributed by atoms with Crippen molar-refractivity contribution in [1.29, 1.82) is 0 Å². The average molecular weight is 317 g/mol. The Hall–Kier alpha value is -1.65. The molecule has 0 atom stereocenters. The quantitative estimate of drug-likeness (QED) is 0.883. The zero-order chi connectivity index (χ0) is 16.2. The van der Waals surface area contributed by atoms with Gasteiger partial charge in [-0.25, -0.2) is 13.1 Å². The number of rotatable bonds is 6. The lowest BCUT2D eigenvalue weighted by Gasteiger charge is -2.26. The van der Waals surface area contributed by atoms with Crippen molar-refractivity contribution >= 4 is 10.0 Å². The monoisotopic (exact) mass is 317 g/mol. The van der Waals surface area contributed by atoms with Gasteiger partial charge in [0.2, 0.25) is 10.0 Å². The molecular formula is C18H23NO2S. The van der Waals surface area contributed by atoms with Gasteiger partial charge in [-0.3, -0.25) is 0 Å². The van der Waals surface area contributed by atoms with Crippen LogP contribution in [0.3, 0.4) is 0 Å². The average Bonchev–Trinajstić information content (AvgIpc) is 2.46. The van der Waals surface area contributed by atoms with Crippen LogP contribution in [0.4, 0.5) is 0 Å². The summed E-state index contributed by atoms with van der Waals surface area (Å²) in [4.78, 5) is 0.311. The molecule has 0 aliphatic carbocycles. The lowest BCUT2D eigenvalue weighted by Crippen LogP contribution is -2.43. The predicted molar refractivity (Wildman–Crippen MR) is 90.3 cm³/mol. The van der Waals surface area contributed by atoms with Crippen LogP contribution in [0.25, 0.3) is 0 Å². The van der Waals surface area contributed by atoms with Gasteiger partial charge in [0.1, 0.15) is 0 Å². The summed E-state index contributed by atoms with van der Waals surface area (Å²) in [7, 11) is -3.49. The summed E-state index contributed by atoms with van der Waals surface area (Å²) < 4.78 is 27.7. The lowest BCUT2D eigenvalue weighted by molar-refractivity contribution is 0.422. The highest BCUT2D eigenvalue weighted by atomic mass is 32.2. The number of nitrogens with one attached hydrogen (secondary N) is 1. The van der Waals surface area contributed by atoms with Crippen LogP contribution in [0.15, 0.2) is 59.5 Å². The van der Waals surface area contributed by atoms with Crippen LogP contribution in [0.1, 0.15) is 31.4 Å². The second kappa shape index (κ2) is 6.63. The molecule has 0 bridgehead atoms. The maximum absolute atomic E-state index is 12.5. The summed E-state index contributed by atoms with van der Waals surface area (Å²) in [5, 5.41) is 0. The summed E-state index contributed by atoms with van der Waals surface area (Å²) in [6.07, 6.45) is 1.58. The summed E-state index contributed by atoms with van der Waals surface area (Å²) >= 11 is 0. The number of hydrogen-bond donors (Lipinski definition) is 1. The molecule has 0 spiro atoms.